The predicted octanol–water partition coefficient (Wildman–Crippen LogP) is 3.00. The molecule has 144 valence electrons. The maximum absolute atomic E-state index is 12.8. The highest BCUT2D eigenvalue weighted by atomic mass is 16.6. The normalized spacial score (nSPS) is 28.8. The molecule has 0 spiro atoms. The minimum Gasteiger partial charge on any atom is -0.389 e. The number of ether oxygens (including phenoxy) is 1. The van der Waals surface area contributed by atoms with E-state index in [1.165, 1.54) is 45.2 Å². The van der Waals surface area contributed by atoms with Crippen molar-refractivity contribution in [1.29, 1.82) is 0 Å². The Hall–Kier alpha value is -1.56. The van der Waals surface area contributed by atoms with E-state index in [1.54, 1.807) is 17.1 Å². The molecule has 2 aliphatic carbocycles. The summed E-state index contributed by atoms with van der Waals surface area (Å²) in [5.41, 5.74) is 0. The van der Waals surface area contributed by atoms with E-state index in [-0.39, 0.29) is 6.09 Å². The molecule has 0 aromatic carbocycles. The lowest BCUT2D eigenvalue weighted by Crippen LogP contribution is -2.40. The number of rotatable bonds is 6. The summed E-state index contributed by atoms with van der Waals surface area (Å²) in [4.78, 5) is 21.5. The third-order valence-electron chi connectivity index (χ3n) is 6.66. The largest absolute Gasteiger partial charge is 0.416 e. The maximum atomic E-state index is 12.8. The van der Waals surface area contributed by atoms with Crippen LogP contribution in [-0.4, -0.2) is 58.2 Å². The van der Waals surface area contributed by atoms with Crippen molar-refractivity contribution in [2.45, 2.75) is 39.0 Å². The highest BCUT2D eigenvalue weighted by Crippen LogP contribution is 2.52. The van der Waals surface area contributed by atoms with Gasteiger partial charge in [-0.15, -0.1) is 0 Å². The van der Waals surface area contributed by atoms with E-state index in [1.807, 2.05) is 11.9 Å². The Labute approximate surface area is 156 Å². The number of amides is 1. The van der Waals surface area contributed by atoms with Crippen molar-refractivity contribution in [3.63, 3.8) is 0 Å². The second-order valence-corrected chi connectivity index (χ2v) is 8.50. The molecule has 1 aromatic heterocycles. The van der Waals surface area contributed by atoms with Gasteiger partial charge < -0.3 is 19.1 Å². The van der Waals surface area contributed by atoms with Crippen molar-refractivity contribution in [3.05, 3.63) is 12.5 Å². The van der Waals surface area contributed by atoms with Crippen LogP contribution in [0.25, 0.3) is 0 Å². The first-order valence-electron chi connectivity index (χ1n) is 10.3. The third-order valence-corrected chi connectivity index (χ3v) is 6.66. The molecule has 0 bridgehead atoms. The fourth-order valence-electron chi connectivity index (χ4n) is 5.02. The summed E-state index contributed by atoms with van der Waals surface area (Å²) in [5.74, 6) is 3.26. The van der Waals surface area contributed by atoms with Crippen LogP contribution in [0.5, 0.6) is 5.88 Å². The number of fused-ring (bicyclic) bond motifs is 1. The topological polar surface area (TPSA) is 50.6 Å². The van der Waals surface area contributed by atoms with Crippen LogP contribution in [0.4, 0.5) is 4.79 Å². The SMILES string of the molecule is CCN1CC2C(C1)C2CN(CC1CCCCC1)C(=O)Oc1cn(C)cn1. The Balaban J connectivity index is 1.37. The molecule has 1 amide bonds. The first kappa shape index (κ1) is 17.8. The average Bonchev–Trinajstić information content (AvgIpc) is 2.99. The standard InChI is InChI=1S/C20H32N4O2/c1-3-23-10-16-17(11-23)18(16)12-24(9-15-7-5-4-6-8-15)20(25)26-19-13-22(2)14-21-19/h13-18H,3-12H2,1-2H3. The summed E-state index contributed by atoms with van der Waals surface area (Å²) >= 11 is 0. The summed E-state index contributed by atoms with van der Waals surface area (Å²) in [7, 11) is 1.88. The number of imidazole rings is 1. The zero-order valence-electron chi connectivity index (χ0n) is 16.1. The Morgan fingerprint density at radius 1 is 1.23 bits per heavy atom. The predicted molar refractivity (Wildman–Crippen MR) is 100.0 cm³/mol. The van der Waals surface area contributed by atoms with E-state index < -0.39 is 0 Å². The molecule has 0 radical (unpaired) electrons. The van der Waals surface area contributed by atoms with Crippen molar-refractivity contribution < 1.29 is 9.53 Å². The fraction of sp³-hybridized carbons (Fsp3) is 0.800. The van der Waals surface area contributed by atoms with Gasteiger partial charge in [-0.3, -0.25) is 0 Å². The van der Waals surface area contributed by atoms with Gasteiger partial charge in [-0.1, -0.05) is 26.2 Å². The smallest absolute Gasteiger partial charge is 0.389 e. The molecular formula is C20H32N4O2. The van der Waals surface area contributed by atoms with E-state index in [4.69, 9.17) is 4.74 Å². The minimum absolute atomic E-state index is 0.216. The first-order chi connectivity index (χ1) is 12.6. The van der Waals surface area contributed by atoms with Crippen molar-refractivity contribution in [1.82, 2.24) is 19.4 Å². The number of carbonyl (C=O) groups excluding carboxylic acids is 1. The van der Waals surface area contributed by atoms with Gasteiger partial charge in [0.25, 0.3) is 0 Å². The number of hydrogen-bond acceptors (Lipinski definition) is 4. The number of aromatic nitrogens is 2. The highest BCUT2D eigenvalue weighted by Gasteiger charge is 2.55. The Bertz CT molecular complexity index is 613. The molecule has 1 aromatic rings. The van der Waals surface area contributed by atoms with E-state index in [2.05, 4.69) is 16.8 Å². The fourth-order valence-corrected chi connectivity index (χ4v) is 5.02. The molecule has 0 N–H and O–H groups in total. The number of likely N-dealkylation sites (tertiary alicyclic amines) is 1. The monoisotopic (exact) mass is 360 g/mol. The summed E-state index contributed by atoms with van der Waals surface area (Å²) in [6, 6.07) is 0. The van der Waals surface area contributed by atoms with Crippen LogP contribution in [0.15, 0.2) is 12.5 Å². The van der Waals surface area contributed by atoms with Crippen molar-refractivity contribution in [2.24, 2.45) is 30.7 Å². The molecule has 2 heterocycles. The van der Waals surface area contributed by atoms with Crippen LogP contribution < -0.4 is 4.74 Å². The maximum Gasteiger partial charge on any atom is 0.416 e. The van der Waals surface area contributed by atoms with Crippen LogP contribution >= 0.6 is 0 Å². The Kier molecular flexibility index (Phi) is 5.20. The summed E-state index contributed by atoms with van der Waals surface area (Å²) in [6.07, 6.45) is 9.63. The van der Waals surface area contributed by atoms with E-state index in [0.29, 0.717) is 17.7 Å². The quantitative estimate of drug-likeness (QED) is 0.782. The molecule has 1 saturated heterocycles. The number of piperidine rings is 1. The number of nitrogens with zero attached hydrogens (tertiary/aromatic N) is 4. The molecule has 3 aliphatic rings. The van der Waals surface area contributed by atoms with E-state index in [9.17, 15) is 4.79 Å². The molecule has 26 heavy (non-hydrogen) atoms. The van der Waals surface area contributed by atoms with Gasteiger partial charge in [0.1, 0.15) is 0 Å². The lowest BCUT2D eigenvalue weighted by Gasteiger charge is -2.30. The molecule has 6 heteroatoms. The summed E-state index contributed by atoms with van der Waals surface area (Å²) in [5, 5.41) is 0. The Morgan fingerprint density at radius 3 is 2.58 bits per heavy atom. The van der Waals surface area contributed by atoms with Crippen molar-refractivity contribution in [3.8, 4) is 5.88 Å². The molecular weight excluding hydrogens is 328 g/mol. The molecule has 2 atom stereocenters. The number of hydrogen-bond donors (Lipinski definition) is 0. The van der Waals surface area contributed by atoms with E-state index in [0.717, 1.165) is 31.5 Å². The van der Waals surface area contributed by atoms with Gasteiger partial charge in [-0.05, 0) is 43.1 Å². The first-order valence-corrected chi connectivity index (χ1v) is 10.3. The Morgan fingerprint density at radius 2 is 1.96 bits per heavy atom. The second-order valence-electron chi connectivity index (χ2n) is 8.50. The van der Waals surface area contributed by atoms with Gasteiger partial charge >= 0.3 is 6.09 Å². The van der Waals surface area contributed by atoms with Crippen LogP contribution in [0, 0.1) is 23.7 Å². The average molecular weight is 361 g/mol. The zero-order chi connectivity index (χ0) is 18.1. The summed E-state index contributed by atoms with van der Waals surface area (Å²) < 4.78 is 7.38. The molecule has 4 rings (SSSR count). The lowest BCUT2D eigenvalue weighted by molar-refractivity contribution is 0.129. The van der Waals surface area contributed by atoms with Gasteiger partial charge in [0, 0.05) is 33.2 Å². The zero-order valence-corrected chi connectivity index (χ0v) is 16.1. The number of aryl methyl sites for hydroxylation is 1. The van der Waals surface area contributed by atoms with Crippen LogP contribution in [0.2, 0.25) is 0 Å². The molecule has 6 nitrogen and oxygen atoms in total. The molecule has 2 saturated carbocycles. The summed E-state index contributed by atoms with van der Waals surface area (Å²) in [6.45, 7) is 7.50. The lowest BCUT2D eigenvalue weighted by atomic mass is 9.89. The highest BCUT2D eigenvalue weighted by molar-refractivity contribution is 5.70. The number of carbonyl (C=O) groups is 1. The van der Waals surface area contributed by atoms with Gasteiger partial charge in [0.15, 0.2) is 0 Å². The molecule has 3 fully saturated rings. The minimum atomic E-state index is -0.216. The molecule has 1 aliphatic heterocycles. The van der Waals surface area contributed by atoms with Gasteiger partial charge in [-0.25, -0.2) is 9.78 Å². The third kappa shape index (κ3) is 3.90. The van der Waals surface area contributed by atoms with Crippen molar-refractivity contribution in [2.75, 3.05) is 32.7 Å². The van der Waals surface area contributed by atoms with Crippen LogP contribution in [-0.2, 0) is 7.05 Å². The van der Waals surface area contributed by atoms with Crippen LogP contribution in [0.3, 0.4) is 0 Å². The van der Waals surface area contributed by atoms with Gasteiger partial charge in [-0.2, -0.15) is 0 Å². The van der Waals surface area contributed by atoms with Gasteiger partial charge in [0.05, 0.1) is 12.5 Å². The van der Waals surface area contributed by atoms with E-state index >= 15 is 0 Å². The van der Waals surface area contributed by atoms with Crippen molar-refractivity contribution >= 4 is 6.09 Å². The van der Waals surface area contributed by atoms with Gasteiger partial charge in [0.2, 0.25) is 5.88 Å². The second kappa shape index (κ2) is 7.59. The molecule has 2 unspecified atom stereocenters. The van der Waals surface area contributed by atoms with Crippen LogP contribution in [0.1, 0.15) is 39.0 Å².